The summed E-state index contributed by atoms with van der Waals surface area (Å²) in [5, 5.41) is 17.4. The molecule has 0 saturated heterocycles. The summed E-state index contributed by atoms with van der Waals surface area (Å²) in [5.74, 6) is -0.143. The van der Waals surface area contributed by atoms with Crippen molar-refractivity contribution < 1.29 is 36.5 Å². The molecule has 26 heteroatoms. The van der Waals surface area contributed by atoms with Crippen LogP contribution in [-0.2, 0) is 36.5 Å². The van der Waals surface area contributed by atoms with Crippen LogP contribution in [0.5, 0.6) is 0 Å². The molecule has 0 spiro atoms. The summed E-state index contributed by atoms with van der Waals surface area (Å²) >= 11 is 10.6. The highest BCUT2D eigenvalue weighted by atomic mass is 35.7. The van der Waals surface area contributed by atoms with E-state index in [1.165, 1.54) is 26.7 Å². The summed E-state index contributed by atoms with van der Waals surface area (Å²) in [7, 11) is -17.1. The van der Waals surface area contributed by atoms with Gasteiger partial charge in [0, 0.05) is 53.3 Å². The molecule has 0 amide bonds. The normalized spacial score (nSPS) is 29.7. The van der Waals surface area contributed by atoms with Crippen molar-refractivity contribution in [3.05, 3.63) is 48.5 Å². The largest absolute Gasteiger partial charge is 0.334 e. The molecule has 0 bridgehead atoms. The van der Waals surface area contributed by atoms with E-state index in [-0.39, 0.29) is 36.9 Å². The molecule has 0 aromatic heterocycles. The van der Waals surface area contributed by atoms with Gasteiger partial charge < -0.3 is 50.1 Å². The Morgan fingerprint density at radius 2 is 0.923 bits per heavy atom. The Balaban J connectivity index is 0.000000436. The number of nitrogens with one attached hydrogen (secondary N) is 6. The number of fused-ring (bicyclic) bond motifs is 1. The van der Waals surface area contributed by atoms with E-state index in [4.69, 9.17) is 33.9 Å². The molecular formula is C26H54Cl2N8O8P8. The van der Waals surface area contributed by atoms with Crippen LogP contribution in [0.4, 0.5) is 22.7 Å². The molecule has 10 N–H and O–H groups in total. The molecule has 2 aromatic rings. The van der Waals surface area contributed by atoms with Crippen LogP contribution in [-0.4, -0.2) is 90.3 Å². The molecule has 0 radical (unpaired) electrons. The first-order chi connectivity index (χ1) is 23.3. The van der Waals surface area contributed by atoms with Crippen molar-refractivity contribution in [2.45, 2.75) is 0 Å². The van der Waals surface area contributed by atoms with Crippen LogP contribution in [0.3, 0.4) is 0 Å². The van der Waals surface area contributed by atoms with Crippen molar-refractivity contribution in [1.82, 2.24) is 10.2 Å². The first kappa shape index (κ1) is 49.9. The molecule has 16 nitrogen and oxygen atoms in total. The quantitative estimate of drug-likeness (QED) is 0.115. The molecule has 2 aromatic carbocycles. The Morgan fingerprint density at radius 3 is 1.19 bits per heavy atom. The van der Waals surface area contributed by atoms with Crippen LogP contribution >= 0.6 is 79.2 Å². The Hall–Kier alpha value is -0.100. The number of hydrogen-bond donors (Lipinski definition) is 8. The summed E-state index contributed by atoms with van der Waals surface area (Å²) < 4.78 is 96.6. The standard InChI is InChI=1S/C13H26N4O4P4.C10H20N4O2P2.C3H8Cl2O2P2/c1-22(18)9-14-24(3,20)11-25(4,21)15-10-23(2,19)17-13-8-6-5-7-12(13)16-22;1-17(15,7-11)13-9-5-3-4-6-10(9)14-18(2,16)8-12;1-8(4,6)3-9(2,5)7/h5-8H,9-11H2,1-4H3,(H,14,20)(H,15,21)(H,16,18)(H,17,19);3-6H,7-8,11-12H2,1-2H3,(H,13,15)(H,14,16);3H2,1-2H3. The van der Waals surface area contributed by atoms with Gasteiger partial charge >= 0.3 is 0 Å². The fraction of sp³-hybridized carbons (Fsp3) is 0.538. The summed E-state index contributed by atoms with van der Waals surface area (Å²) in [5.41, 5.74) is 13.2. The van der Waals surface area contributed by atoms with Crippen molar-refractivity contribution in [3.8, 4) is 0 Å². The predicted octanol–water partition coefficient (Wildman–Crippen LogP) is 9.60. The summed E-state index contributed by atoms with van der Waals surface area (Å²) in [6.07, 6.45) is 0.113. The van der Waals surface area contributed by atoms with Gasteiger partial charge in [-0.05, 0) is 24.3 Å². The monoisotopic (exact) mass is 924 g/mol. The van der Waals surface area contributed by atoms with Crippen LogP contribution in [0, 0.1) is 0 Å². The minimum atomic E-state index is -2.98. The van der Waals surface area contributed by atoms with Crippen molar-refractivity contribution in [1.29, 1.82) is 0 Å². The van der Waals surface area contributed by atoms with Gasteiger partial charge in [0.05, 0.1) is 59.7 Å². The van der Waals surface area contributed by atoms with E-state index in [1.807, 2.05) is 0 Å². The van der Waals surface area contributed by atoms with Gasteiger partial charge in [-0.15, -0.1) is 0 Å². The smallest absolute Gasteiger partial charge is 0.180 e. The number of halogens is 2. The second kappa shape index (κ2) is 19.9. The molecule has 1 aliphatic heterocycles. The molecule has 0 saturated carbocycles. The van der Waals surface area contributed by atoms with Gasteiger partial charge in [0.1, 0.15) is 0 Å². The zero-order valence-corrected chi connectivity index (χ0v) is 39.3. The minimum Gasteiger partial charge on any atom is -0.334 e. The Labute approximate surface area is 317 Å². The maximum atomic E-state index is 12.9. The lowest BCUT2D eigenvalue weighted by atomic mass is 10.3. The average Bonchev–Trinajstić information content (AvgIpc) is 2.95. The van der Waals surface area contributed by atoms with E-state index < -0.39 is 56.7 Å². The highest BCUT2D eigenvalue weighted by molar-refractivity contribution is 8.02. The lowest BCUT2D eigenvalue weighted by Gasteiger charge is -2.23. The Bertz CT molecular complexity index is 1800. The molecule has 52 heavy (non-hydrogen) atoms. The molecule has 300 valence electrons. The zero-order valence-electron chi connectivity index (χ0n) is 30.6. The van der Waals surface area contributed by atoms with Gasteiger partial charge in [0.15, 0.2) is 56.7 Å². The lowest BCUT2D eigenvalue weighted by Crippen LogP contribution is -2.20. The van der Waals surface area contributed by atoms with Crippen molar-refractivity contribution in [2.75, 3.05) is 111 Å². The number of para-hydroxylation sites is 4. The van der Waals surface area contributed by atoms with Gasteiger partial charge in [-0.2, -0.15) is 0 Å². The van der Waals surface area contributed by atoms with Gasteiger partial charge in [-0.3, -0.25) is 28.4 Å². The third kappa shape index (κ3) is 21.8. The Morgan fingerprint density at radius 1 is 0.615 bits per heavy atom. The highest BCUT2D eigenvalue weighted by Gasteiger charge is 2.31. The van der Waals surface area contributed by atoms with E-state index in [1.54, 1.807) is 75.2 Å². The first-order valence-electron chi connectivity index (χ1n) is 15.4. The van der Waals surface area contributed by atoms with Crippen LogP contribution in [0.2, 0.25) is 0 Å². The number of nitrogens with two attached hydrogens (primary N) is 2. The van der Waals surface area contributed by atoms with Crippen LogP contribution in [0.25, 0.3) is 0 Å². The van der Waals surface area contributed by atoms with Gasteiger partial charge in [-0.1, -0.05) is 46.7 Å². The maximum absolute atomic E-state index is 12.9. The van der Waals surface area contributed by atoms with Crippen molar-refractivity contribution in [2.24, 2.45) is 11.5 Å². The molecular weight excluding hydrogens is 871 g/mol. The van der Waals surface area contributed by atoms with E-state index in [9.17, 15) is 36.5 Å². The first-order valence-corrected chi connectivity index (χ1v) is 36.0. The van der Waals surface area contributed by atoms with Crippen molar-refractivity contribution >= 4 is 102 Å². The molecule has 1 aliphatic rings. The van der Waals surface area contributed by atoms with Gasteiger partial charge in [0.25, 0.3) is 0 Å². The molecule has 8 atom stereocenters. The fourth-order valence-electron chi connectivity index (χ4n) is 4.18. The third-order valence-corrected chi connectivity index (χ3v) is 24.6. The van der Waals surface area contributed by atoms with Crippen LogP contribution in [0.15, 0.2) is 48.5 Å². The zero-order chi connectivity index (χ0) is 40.5. The third-order valence-electron chi connectivity index (χ3n) is 6.44. The van der Waals surface area contributed by atoms with Gasteiger partial charge in [0.2, 0.25) is 0 Å². The predicted molar refractivity (Wildman–Crippen MR) is 231 cm³/mol. The average molecular weight is 925 g/mol. The van der Waals surface area contributed by atoms with E-state index in [2.05, 4.69) is 30.5 Å². The molecule has 0 aliphatic carbocycles. The SMILES string of the molecule is CP(=O)(CN)Nc1ccccc1NP(C)(=O)CN.CP(=O)(Cl)CP(C)(=O)Cl.CP1(=O)CP(C)(=O)NCP(C)(=O)Nc2ccccc2NP(C)(=O)CN1. The van der Waals surface area contributed by atoms with Gasteiger partial charge in [-0.25, -0.2) is 0 Å². The second-order valence-electron chi connectivity index (χ2n) is 13.4. The fourth-order valence-corrected chi connectivity index (χ4v) is 24.6. The second-order valence-corrected chi connectivity index (χ2v) is 40.0. The number of anilines is 4. The number of benzene rings is 2. The lowest BCUT2D eigenvalue weighted by molar-refractivity contribution is 0.560. The highest BCUT2D eigenvalue weighted by Crippen LogP contribution is 2.63. The molecule has 3 rings (SSSR count). The number of rotatable bonds is 8. The molecule has 8 unspecified atom stereocenters. The van der Waals surface area contributed by atoms with E-state index in [0.717, 1.165) is 0 Å². The number of hydrogen-bond acceptors (Lipinski definition) is 10. The maximum Gasteiger partial charge on any atom is 0.180 e. The Kier molecular flexibility index (Phi) is 19.1. The topological polar surface area (TPSA) is 261 Å². The summed E-state index contributed by atoms with van der Waals surface area (Å²) in [4.78, 5) is 0. The van der Waals surface area contributed by atoms with Crippen molar-refractivity contribution in [3.63, 3.8) is 0 Å². The summed E-state index contributed by atoms with van der Waals surface area (Å²) in [6.45, 7) is 6.50. The van der Waals surface area contributed by atoms with Crippen LogP contribution in [0.1, 0.15) is 0 Å². The van der Waals surface area contributed by atoms with E-state index in [0.29, 0.717) is 22.7 Å². The minimum absolute atomic E-state index is 0.00109. The summed E-state index contributed by atoms with van der Waals surface area (Å²) in [6, 6.07) is 14.1. The van der Waals surface area contributed by atoms with Crippen LogP contribution < -0.4 is 42.0 Å². The van der Waals surface area contributed by atoms with E-state index >= 15 is 0 Å². The molecule has 0 fully saturated rings. The molecule has 1 heterocycles.